The van der Waals surface area contributed by atoms with E-state index < -0.39 is 34.7 Å². The van der Waals surface area contributed by atoms with Gasteiger partial charge in [-0.2, -0.15) is 13.2 Å². The standard InChI is InChI=1S/C15H19F3O3S/c1-14(2,3)21-13(20)12(22-4)11(19)9-5-7-10(8-6-9)15(16,17)18/h5-8,11-12,19H,1-4H3/t11-,12+/m1/s1. The van der Waals surface area contributed by atoms with Gasteiger partial charge >= 0.3 is 12.1 Å². The summed E-state index contributed by atoms with van der Waals surface area (Å²) in [4.78, 5) is 12.0. The van der Waals surface area contributed by atoms with Crippen LogP contribution in [-0.2, 0) is 15.7 Å². The molecule has 0 saturated heterocycles. The molecule has 1 N–H and O–H groups in total. The van der Waals surface area contributed by atoms with Crippen LogP contribution < -0.4 is 0 Å². The highest BCUT2D eigenvalue weighted by molar-refractivity contribution is 7.99. The van der Waals surface area contributed by atoms with E-state index in [1.165, 1.54) is 12.1 Å². The van der Waals surface area contributed by atoms with E-state index >= 15 is 0 Å². The molecule has 0 amide bonds. The Bertz CT molecular complexity index is 506. The molecule has 1 rings (SSSR count). The zero-order valence-corrected chi connectivity index (χ0v) is 13.6. The van der Waals surface area contributed by atoms with Crippen LogP contribution in [0.1, 0.15) is 38.0 Å². The fourth-order valence-electron chi connectivity index (χ4n) is 1.76. The first kappa shape index (κ1) is 18.8. The van der Waals surface area contributed by atoms with E-state index in [1.807, 2.05) is 0 Å². The number of rotatable bonds is 4. The van der Waals surface area contributed by atoms with Gasteiger partial charge in [-0.3, -0.25) is 4.79 Å². The van der Waals surface area contributed by atoms with Crippen LogP contribution >= 0.6 is 11.8 Å². The Balaban J connectivity index is 2.92. The number of halogens is 3. The molecule has 1 aromatic rings. The Morgan fingerprint density at radius 3 is 2.05 bits per heavy atom. The number of aliphatic hydroxyl groups excluding tert-OH is 1. The molecule has 1 aromatic carbocycles. The van der Waals surface area contributed by atoms with Crippen molar-refractivity contribution in [3.05, 3.63) is 35.4 Å². The topological polar surface area (TPSA) is 46.5 Å². The Hall–Kier alpha value is -1.21. The van der Waals surface area contributed by atoms with Gasteiger partial charge in [0.05, 0.1) is 5.56 Å². The zero-order chi connectivity index (χ0) is 17.1. The number of esters is 1. The minimum Gasteiger partial charge on any atom is -0.459 e. The smallest absolute Gasteiger partial charge is 0.416 e. The van der Waals surface area contributed by atoms with Crippen LogP contribution in [0.5, 0.6) is 0 Å². The molecule has 0 radical (unpaired) electrons. The first-order valence-electron chi connectivity index (χ1n) is 6.56. The number of thioether (sulfide) groups is 1. The van der Waals surface area contributed by atoms with Gasteiger partial charge in [-0.15, -0.1) is 11.8 Å². The molecular formula is C15H19F3O3S. The molecule has 0 aromatic heterocycles. The van der Waals surface area contributed by atoms with Crippen molar-refractivity contribution in [3.63, 3.8) is 0 Å². The lowest BCUT2D eigenvalue weighted by Crippen LogP contribution is -2.33. The van der Waals surface area contributed by atoms with Gasteiger partial charge in [-0.25, -0.2) is 0 Å². The second-order valence-corrected chi connectivity index (χ2v) is 6.73. The number of aliphatic hydroxyl groups is 1. The van der Waals surface area contributed by atoms with Gasteiger partial charge in [0.25, 0.3) is 0 Å². The van der Waals surface area contributed by atoms with Crippen molar-refractivity contribution in [2.75, 3.05) is 6.26 Å². The monoisotopic (exact) mass is 336 g/mol. The molecule has 3 nitrogen and oxygen atoms in total. The van der Waals surface area contributed by atoms with Crippen molar-refractivity contribution in [1.29, 1.82) is 0 Å². The largest absolute Gasteiger partial charge is 0.459 e. The molecule has 0 fully saturated rings. The number of benzene rings is 1. The molecule has 0 bridgehead atoms. The van der Waals surface area contributed by atoms with Crippen LogP contribution in [0.3, 0.4) is 0 Å². The summed E-state index contributed by atoms with van der Waals surface area (Å²) in [6.07, 6.45) is -4.05. The third-order valence-corrected chi connectivity index (χ3v) is 3.72. The molecule has 0 aliphatic rings. The summed E-state index contributed by atoms with van der Waals surface area (Å²) in [7, 11) is 0. The van der Waals surface area contributed by atoms with Crippen molar-refractivity contribution in [2.24, 2.45) is 0 Å². The summed E-state index contributed by atoms with van der Waals surface area (Å²) in [5, 5.41) is 9.33. The lowest BCUT2D eigenvalue weighted by atomic mass is 10.0. The summed E-state index contributed by atoms with van der Waals surface area (Å²) < 4.78 is 42.8. The second kappa shape index (κ2) is 6.91. The number of alkyl halides is 3. The molecule has 124 valence electrons. The van der Waals surface area contributed by atoms with Gasteiger partial charge in [-0.1, -0.05) is 12.1 Å². The molecule has 0 spiro atoms. The first-order valence-corrected chi connectivity index (χ1v) is 7.85. The number of ether oxygens (including phenoxy) is 1. The number of hydrogen-bond donors (Lipinski definition) is 1. The van der Waals surface area contributed by atoms with E-state index in [0.29, 0.717) is 0 Å². The number of carbonyl (C=O) groups excluding carboxylic acids is 1. The van der Waals surface area contributed by atoms with Crippen molar-refractivity contribution in [3.8, 4) is 0 Å². The SMILES string of the molecule is CS[C@H](C(=O)OC(C)(C)C)[C@H](O)c1ccc(C(F)(F)F)cc1. The average molecular weight is 336 g/mol. The third kappa shape index (κ3) is 5.21. The van der Waals surface area contributed by atoms with Crippen LogP contribution in [0.25, 0.3) is 0 Å². The molecule has 0 aliphatic heterocycles. The van der Waals surface area contributed by atoms with Gasteiger partial charge in [0, 0.05) is 0 Å². The van der Waals surface area contributed by atoms with Crippen LogP contribution in [0, 0.1) is 0 Å². The minimum absolute atomic E-state index is 0.234. The van der Waals surface area contributed by atoms with Gasteiger partial charge in [0.15, 0.2) is 0 Å². The Morgan fingerprint density at radius 1 is 1.18 bits per heavy atom. The zero-order valence-electron chi connectivity index (χ0n) is 12.8. The molecule has 0 heterocycles. The predicted octanol–water partition coefficient (Wildman–Crippen LogP) is 3.81. The predicted molar refractivity (Wildman–Crippen MR) is 79.6 cm³/mol. The second-order valence-electron chi connectivity index (χ2n) is 5.75. The van der Waals surface area contributed by atoms with Gasteiger partial charge in [0.1, 0.15) is 17.0 Å². The Kier molecular flexibility index (Phi) is 5.92. The highest BCUT2D eigenvalue weighted by Gasteiger charge is 2.33. The fraction of sp³-hybridized carbons (Fsp3) is 0.533. The highest BCUT2D eigenvalue weighted by Crippen LogP contribution is 2.32. The van der Waals surface area contributed by atoms with Gasteiger partial charge in [-0.05, 0) is 44.7 Å². The van der Waals surface area contributed by atoms with Crippen molar-refractivity contribution >= 4 is 17.7 Å². The summed E-state index contributed by atoms with van der Waals surface area (Å²) in [5.41, 5.74) is -1.27. The maximum atomic E-state index is 12.5. The van der Waals surface area contributed by atoms with E-state index in [9.17, 15) is 23.1 Å². The first-order chi connectivity index (χ1) is 9.95. The van der Waals surface area contributed by atoms with Crippen molar-refractivity contribution in [2.45, 2.75) is 43.9 Å². The van der Waals surface area contributed by atoms with Crippen LogP contribution in [0.4, 0.5) is 13.2 Å². The Morgan fingerprint density at radius 2 is 1.68 bits per heavy atom. The summed E-state index contributed by atoms with van der Waals surface area (Å²) in [6.45, 7) is 5.10. The maximum absolute atomic E-state index is 12.5. The number of carbonyl (C=O) groups is 1. The summed E-state index contributed by atoms with van der Waals surface area (Å²) in [6, 6.07) is 4.10. The molecule has 0 unspecified atom stereocenters. The van der Waals surface area contributed by atoms with E-state index in [4.69, 9.17) is 4.74 Å². The van der Waals surface area contributed by atoms with E-state index in [0.717, 1.165) is 23.9 Å². The van der Waals surface area contributed by atoms with E-state index in [1.54, 1.807) is 27.0 Å². The van der Waals surface area contributed by atoms with E-state index in [2.05, 4.69) is 0 Å². The molecule has 0 saturated carbocycles. The normalized spacial score (nSPS) is 15.3. The summed E-state index contributed by atoms with van der Waals surface area (Å²) in [5.74, 6) is -0.604. The van der Waals surface area contributed by atoms with Gasteiger partial charge in [0.2, 0.25) is 0 Å². The minimum atomic E-state index is -4.44. The van der Waals surface area contributed by atoms with Crippen LogP contribution in [0.2, 0.25) is 0 Å². The lowest BCUT2D eigenvalue weighted by molar-refractivity contribution is -0.156. The molecule has 7 heteroatoms. The number of hydrogen-bond acceptors (Lipinski definition) is 4. The van der Waals surface area contributed by atoms with Crippen molar-refractivity contribution in [1.82, 2.24) is 0 Å². The lowest BCUT2D eigenvalue weighted by Gasteiger charge is -2.26. The molecule has 0 aliphatic carbocycles. The third-order valence-electron chi connectivity index (χ3n) is 2.76. The highest BCUT2D eigenvalue weighted by atomic mass is 32.2. The summed E-state index contributed by atoms with van der Waals surface area (Å²) >= 11 is 1.08. The molecule has 2 atom stereocenters. The van der Waals surface area contributed by atoms with Crippen LogP contribution in [0.15, 0.2) is 24.3 Å². The van der Waals surface area contributed by atoms with E-state index in [-0.39, 0.29) is 5.56 Å². The molecule has 22 heavy (non-hydrogen) atoms. The fourth-order valence-corrected chi connectivity index (χ4v) is 2.41. The van der Waals surface area contributed by atoms with Crippen LogP contribution in [-0.4, -0.2) is 28.2 Å². The Labute approximate surface area is 131 Å². The van der Waals surface area contributed by atoms with Crippen molar-refractivity contribution < 1.29 is 27.8 Å². The maximum Gasteiger partial charge on any atom is 0.416 e. The quantitative estimate of drug-likeness (QED) is 0.849. The van der Waals surface area contributed by atoms with Gasteiger partial charge < -0.3 is 9.84 Å². The average Bonchev–Trinajstić information content (AvgIpc) is 2.36. The molecular weight excluding hydrogens is 317 g/mol.